The van der Waals surface area contributed by atoms with Gasteiger partial charge >= 0.3 is 0 Å². The molecule has 7 nitrogen and oxygen atoms in total. The Balaban J connectivity index is 1.88. The summed E-state index contributed by atoms with van der Waals surface area (Å²) in [5.74, 6) is 0. The summed E-state index contributed by atoms with van der Waals surface area (Å²) in [6.45, 7) is 7.37. The smallest absolute Gasteiger partial charge is 0.242 e. The van der Waals surface area contributed by atoms with E-state index in [2.05, 4.69) is 31.4 Å². The predicted octanol–water partition coefficient (Wildman–Crippen LogP) is 4.47. The van der Waals surface area contributed by atoms with Crippen LogP contribution in [0.15, 0.2) is 35.5 Å². The van der Waals surface area contributed by atoms with E-state index in [-0.39, 0.29) is 10.9 Å². The average molecular weight is 438 g/mol. The molecule has 0 unspecified atom stereocenters. The molecule has 3 heterocycles. The Hall–Kier alpha value is -2.76. The fraction of sp³-hybridized carbons (Fsp3) is 0.435. The second-order valence-corrected chi connectivity index (χ2v) is 10.9. The Morgan fingerprint density at radius 2 is 1.87 bits per heavy atom. The summed E-state index contributed by atoms with van der Waals surface area (Å²) < 4.78 is 30.2. The van der Waals surface area contributed by atoms with Crippen LogP contribution in [-0.4, -0.2) is 28.5 Å². The molecule has 31 heavy (non-hydrogen) atoms. The lowest BCUT2D eigenvalue weighted by Gasteiger charge is -2.20. The number of pyridine rings is 2. The maximum atomic E-state index is 12.7. The summed E-state index contributed by atoms with van der Waals surface area (Å²) in [7, 11) is -3.69. The maximum Gasteiger partial charge on any atom is 0.242 e. The van der Waals surface area contributed by atoms with Gasteiger partial charge in [-0.3, -0.25) is 9.97 Å². The largest absolute Gasteiger partial charge is 0.334 e. The number of aromatic nitrogens is 3. The van der Waals surface area contributed by atoms with Gasteiger partial charge in [0.25, 0.3) is 0 Å². The van der Waals surface area contributed by atoms with Gasteiger partial charge in [0.1, 0.15) is 22.0 Å². The highest BCUT2D eigenvalue weighted by molar-refractivity contribution is 7.89. The maximum absolute atomic E-state index is 12.7. The highest BCUT2D eigenvalue weighted by Crippen LogP contribution is 2.40. The number of aryl methyl sites for hydroxylation is 1. The first-order valence-electron chi connectivity index (χ1n) is 10.5. The second kappa shape index (κ2) is 7.74. The Morgan fingerprint density at radius 3 is 2.45 bits per heavy atom. The molecule has 3 aromatic heterocycles. The zero-order valence-electron chi connectivity index (χ0n) is 18.3. The van der Waals surface area contributed by atoms with Crippen molar-refractivity contribution in [2.75, 3.05) is 0 Å². The summed E-state index contributed by atoms with van der Waals surface area (Å²) >= 11 is 0. The van der Waals surface area contributed by atoms with Gasteiger partial charge in [0, 0.05) is 24.0 Å². The van der Waals surface area contributed by atoms with E-state index in [1.165, 1.54) is 6.20 Å². The molecule has 1 aliphatic rings. The van der Waals surface area contributed by atoms with Crippen molar-refractivity contribution in [2.24, 2.45) is 0 Å². The number of hydrogen-bond acceptors (Lipinski definition) is 5. The molecule has 0 saturated heterocycles. The Bertz CT molecular complexity index is 1270. The third-order valence-electron chi connectivity index (χ3n) is 5.51. The van der Waals surface area contributed by atoms with Gasteiger partial charge in [-0.15, -0.1) is 0 Å². The van der Waals surface area contributed by atoms with E-state index in [0.29, 0.717) is 16.8 Å². The van der Waals surface area contributed by atoms with Gasteiger partial charge in [-0.2, -0.15) is 5.26 Å². The molecule has 0 radical (unpaired) electrons. The number of nitrogens with zero attached hydrogens (tertiary/aromatic N) is 4. The zero-order chi connectivity index (χ0) is 22.4. The lowest BCUT2D eigenvalue weighted by atomic mass is 10.1. The molecule has 0 spiro atoms. The Morgan fingerprint density at radius 1 is 1.16 bits per heavy atom. The van der Waals surface area contributed by atoms with E-state index in [1.54, 1.807) is 39.1 Å². The van der Waals surface area contributed by atoms with Crippen molar-refractivity contribution in [2.45, 2.75) is 69.9 Å². The molecule has 1 aliphatic carbocycles. The van der Waals surface area contributed by atoms with Crippen LogP contribution in [0.25, 0.3) is 22.4 Å². The molecule has 3 aromatic rings. The van der Waals surface area contributed by atoms with Crippen molar-refractivity contribution >= 4 is 21.1 Å². The fourth-order valence-corrected chi connectivity index (χ4v) is 5.69. The van der Waals surface area contributed by atoms with E-state index in [0.717, 1.165) is 42.5 Å². The topological polar surface area (TPSA) is 101 Å². The van der Waals surface area contributed by atoms with E-state index in [1.807, 2.05) is 6.92 Å². The minimum absolute atomic E-state index is 0.0992. The van der Waals surface area contributed by atoms with Crippen molar-refractivity contribution in [1.82, 2.24) is 19.3 Å². The van der Waals surface area contributed by atoms with Crippen LogP contribution >= 0.6 is 0 Å². The molecule has 1 fully saturated rings. The molecule has 0 aliphatic heterocycles. The molecule has 1 N–H and O–H groups in total. The first-order chi connectivity index (χ1) is 14.6. The summed E-state index contributed by atoms with van der Waals surface area (Å²) in [6, 6.07) is 7.90. The standard InChI is InChI=1S/C23H27N5O2S/c1-15-11-20-21(26-13-15)18(12-24)22(28(20)16-7-5-6-8-16)19-10-9-17(14-25-19)31(29,30)27-23(2,3)4/h9-11,13-14,16,27H,5-8H2,1-4H3. The fourth-order valence-electron chi connectivity index (χ4n) is 4.32. The van der Waals surface area contributed by atoms with Gasteiger partial charge in [-0.25, -0.2) is 13.1 Å². The summed E-state index contributed by atoms with van der Waals surface area (Å²) in [6.07, 6.45) is 7.50. The van der Waals surface area contributed by atoms with E-state index in [4.69, 9.17) is 0 Å². The molecule has 8 heteroatoms. The molecule has 0 bridgehead atoms. The van der Waals surface area contributed by atoms with Gasteiger partial charge in [0.05, 0.1) is 16.9 Å². The van der Waals surface area contributed by atoms with Crippen LogP contribution in [0.1, 0.15) is 63.6 Å². The molecule has 0 atom stereocenters. The number of nitriles is 1. The van der Waals surface area contributed by atoms with Crippen LogP contribution in [-0.2, 0) is 10.0 Å². The minimum atomic E-state index is -3.69. The zero-order valence-corrected chi connectivity index (χ0v) is 19.1. The highest BCUT2D eigenvalue weighted by Gasteiger charge is 2.28. The van der Waals surface area contributed by atoms with Crippen molar-refractivity contribution < 1.29 is 8.42 Å². The third-order valence-corrected chi connectivity index (χ3v) is 7.25. The molecular weight excluding hydrogens is 410 g/mol. The SMILES string of the molecule is Cc1cnc2c(C#N)c(-c3ccc(S(=O)(=O)NC(C)(C)C)cn3)n(C3CCCC3)c2c1. The molecule has 1 saturated carbocycles. The van der Waals surface area contributed by atoms with E-state index >= 15 is 0 Å². The van der Waals surface area contributed by atoms with Crippen LogP contribution in [0.3, 0.4) is 0 Å². The van der Waals surface area contributed by atoms with Crippen LogP contribution in [0.5, 0.6) is 0 Å². The van der Waals surface area contributed by atoms with E-state index < -0.39 is 15.6 Å². The third kappa shape index (κ3) is 4.08. The lowest BCUT2D eigenvalue weighted by molar-refractivity contribution is 0.491. The average Bonchev–Trinajstić information content (AvgIpc) is 3.31. The number of nitrogens with one attached hydrogen (secondary N) is 1. The lowest BCUT2D eigenvalue weighted by Crippen LogP contribution is -2.40. The van der Waals surface area contributed by atoms with Gasteiger partial charge < -0.3 is 4.57 Å². The molecule has 162 valence electrons. The summed E-state index contributed by atoms with van der Waals surface area (Å²) in [4.78, 5) is 9.13. The summed E-state index contributed by atoms with van der Waals surface area (Å²) in [5.41, 5.74) is 3.82. The summed E-state index contributed by atoms with van der Waals surface area (Å²) in [5, 5.41) is 9.98. The molecular formula is C23H27N5O2S. The highest BCUT2D eigenvalue weighted by atomic mass is 32.2. The first-order valence-corrected chi connectivity index (χ1v) is 12.0. The number of sulfonamides is 1. The Kier molecular flexibility index (Phi) is 5.36. The van der Waals surface area contributed by atoms with Crippen LogP contribution in [0.2, 0.25) is 0 Å². The number of rotatable bonds is 4. The van der Waals surface area contributed by atoms with Gasteiger partial charge in [0.15, 0.2) is 0 Å². The van der Waals surface area contributed by atoms with Gasteiger partial charge in [-0.1, -0.05) is 12.8 Å². The number of fused-ring (bicyclic) bond motifs is 1. The predicted molar refractivity (Wildman–Crippen MR) is 120 cm³/mol. The number of hydrogen-bond donors (Lipinski definition) is 1. The quantitative estimate of drug-likeness (QED) is 0.649. The van der Waals surface area contributed by atoms with Crippen LogP contribution < -0.4 is 4.72 Å². The van der Waals surface area contributed by atoms with Crippen LogP contribution in [0, 0.1) is 18.3 Å². The van der Waals surface area contributed by atoms with Gasteiger partial charge in [0.2, 0.25) is 10.0 Å². The Labute approximate surface area is 183 Å². The van der Waals surface area contributed by atoms with Crippen molar-refractivity contribution in [3.05, 3.63) is 41.7 Å². The first kappa shape index (κ1) is 21.5. The second-order valence-electron chi connectivity index (χ2n) is 9.26. The van der Waals surface area contributed by atoms with E-state index in [9.17, 15) is 13.7 Å². The molecule has 4 rings (SSSR count). The minimum Gasteiger partial charge on any atom is -0.334 e. The van der Waals surface area contributed by atoms with Crippen molar-refractivity contribution in [1.29, 1.82) is 5.26 Å². The molecule has 0 aromatic carbocycles. The van der Waals surface area contributed by atoms with Crippen LogP contribution in [0.4, 0.5) is 0 Å². The normalized spacial score (nSPS) is 15.5. The van der Waals surface area contributed by atoms with Gasteiger partial charge in [-0.05, 0) is 64.3 Å². The molecule has 0 amide bonds. The van der Waals surface area contributed by atoms with Crippen molar-refractivity contribution in [3.63, 3.8) is 0 Å². The van der Waals surface area contributed by atoms with Crippen molar-refractivity contribution in [3.8, 4) is 17.5 Å². The monoisotopic (exact) mass is 437 g/mol.